The van der Waals surface area contributed by atoms with Crippen LogP contribution in [-0.4, -0.2) is 36.5 Å². The summed E-state index contributed by atoms with van der Waals surface area (Å²) < 4.78 is 22.8. The Kier molecular flexibility index (Phi) is 2.58. The monoisotopic (exact) mass is 216 g/mol. The Balaban J connectivity index is 2.01. The van der Waals surface area contributed by atoms with Crippen LogP contribution in [0.1, 0.15) is 34.6 Å². The van der Waals surface area contributed by atoms with Crippen LogP contribution in [0.25, 0.3) is 0 Å². The van der Waals surface area contributed by atoms with E-state index in [2.05, 4.69) is 0 Å². The average molecular weight is 216 g/mol. The van der Waals surface area contributed by atoms with E-state index in [-0.39, 0.29) is 18.3 Å². The maximum atomic E-state index is 5.81. The van der Waals surface area contributed by atoms with Crippen LogP contribution in [0.5, 0.6) is 0 Å². The minimum absolute atomic E-state index is 0.0308. The molecule has 0 aromatic carbocycles. The Morgan fingerprint density at radius 2 is 1.60 bits per heavy atom. The summed E-state index contributed by atoms with van der Waals surface area (Å²) in [6.45, 7) is 10.3. The Morgan fingerprint density at radius 3 is 2.00 bits per heavy atom. The van der Waals surface area contributed by atoms with Crippen molar-refractivity contribution in [1.29, 1.82) is 0 Å². The van der Waals surface area contributed by atoms with Crippen molar-refractivity contribution in [2.75, 3.05) is 6.61 Å². The van der Waals surface area contributed by atoms with Gasteiger partial charge in [-0.25, -0.2) is 0 Å². The molecule has 2 heterocycles. The predicted octanol–water partition coefficient (Wildman–Crippen LogP) is 1.68. The van der Waals surface area contributed by atoms with E-state index in [1.165, 1.54) is 0 Å². The smallest absolute Gasteiger partial charge is 0.163 e. The lowest BCUT2D eigenvalue weighted by Gasteiger charge is -2.22. The highest BCUT2D eigenvalue weighted by atomic mass is 16.8. The van der Waals surface area contributed by atoms with Gasteiger partial charge in [-0.3, -0.25) is 0 Å². The van der Waals surface area contributed by atoms with Crippen molar-refractivity contribution in [3.63, 3.8) is 0 Å². The zero-order valence-electron chi connectivity index (χ0n) is 10.1. The quantitative estimate of drug-likeness (QED) is 0.668. The fraction of sp³-hybridized carbons (Fsp3) is 1.00. The Hall–Kier alpha value is -0.160. The van der Waals surface area contributed by atoms with Crippen molar-refractivity contribution >= 4 is 0 Å². The standard InChI is InChI=1S/C11H20O4/c1-7-9(15-11(4,5)13-7)8-6-12-10(2,3)14-8/h7-9H,6H2,1-5H3. The van der Waals surface area contributed by atoms with E-state index in [0.29, 0.717) is 6.61 Å². The second-order valence-electron chi connectivity index (χ2n) is 5.17. The van der Waals surface area contributed by atoms with Crippen molar-refractivity contribution in [1.82, 2.24) is 0 Å². The van der Waals surface area contributed by atoms with Gasteiger partial charge in [0.05, 0.1) is 12.7 Å². The molecule has 0 aliphatic carbocycles. The summed E-state index contributed by atoms with van der Waals surface area (Å²) in [5, 5.41) is 0. The number of hydrogen-bond donors (Lipinski definition) is 0. The van der Waals surface area contributed by atoms with E-state index in [1.54, 1.807) is 0 Å². The van der Waals surface area contributed by atoms with Crippen LogP contribution in [0.4, 0.5) is 0 Å². The third-order valence-electron chi connectivity index (χ3n) is 2.75. The summed E-state index contributed by atoms with van der Waals surface area (Å²) in [6.07, 6.45) is -0.0268. The van der Waals surface area contributed by atoms with Gasteiger partial charge in [0.1, 0.15) is 12.2 Å². The van der Waals surface area contributed by atoms with Gasteiger partial charge in [-0.1, -0.05) is 0 Å². The summed E-state index contributed by atoms with van der Waals surface area (Å²) in [5.74, 6) is -1.01. The fourth-order valence-corrected chi connectivity index (χ4v) is 2.22. The molecule has 0 saturated carbocycles. The normalized spacial score (nSPS) is 43.4. The minimum Gasteiger partial charge on any atom is -0.348 e. The van der Waals surface area contributed by atoms with Gasteiger partial charge >= 0.3 is 0 Å². The second kappa shape index (κ2) is 3.42. The van der Waals surface area contributed by atoms with Crippen LogP contribution in [0, 0.1) is 0 Å². The molecule has 4 nitrogen and oxygen atoms in total. The zero-order chi connectivity index (χ0) is 11.3. The van der Waals surface area contributed by atoms with E-state index in [0.717, 1.165) is 0 Å². The molecular weight excluding hydrogens is 196 g/mol. The molecule has 3 atom stereocenters. The first kappa shape index (κ1) is 11.3. The van der Waals surface area contributed by atoms with Crippen LogP contribution in [0.15, 0.2) is 0 Å². The lowest BCUT2D eigenvalue weighted by Crippen LogP contribution is -2.37. The molecule has 2 saturated heterocycles. The highest BCUT2D eigenvalue weighted by Crippen LogP contribution is 2.35. The van der Waals surface area contributed by atoms with Crippen LogP contribution < -0.4 is 0 Å². The molecule has 0 spiro atoms. The molecule has 0 aromatic rings. The van der Waals surface area contributed by atoms with Crippen molar-refractivity contribution in [3.8, 4) is 0 Å². The van der Waals surface area contributed by atoms with E-state index < -0.39 is 11.6 Å². The topological polar surface area (TPSA) is 36.9 Å². The highest BCUT2D eigenvalue weighted by Gasteiger charge is 2.47. The third kappa shape index (κ3) is 2.33. The summed E-state index contributed by atoms with van der Waals surface area (Å²) >= 11 is 0. The second-order valence-corrected chi connectivity index (χ2v) is 5.17. The molecule has 2 fully saturated rings. The van der Waals surface area contributed by atoms with E-state index in [9.17, 15) is 0 Å². The molecule has 15 heavy (non-hydrogen) atoms. The van der Waals surface area contributed by atoms with Gasteiger partial charge < -0.3 is 18.9 Å². The molecule has 3 unspecified atom stereocenters. The molecule has 0 amide bonds. The lowest BCUT2D eigenvalue weighted by atomic mass is 10.1. The third-order valence-corrected chi connectivity index (χ3v) is 2.75. The summed E-state index contributed by atoms with van der Waals surface area (Å²) in [7, 11) is 0. The van der Waals surface area contributed by atoms with Crippen LogP contribution in [0.2, 0.25) is 0 Å². The molecular formula is C11H20O4. The summed E-state index contributed by atoms with van der Waals surface area (Å²) in [5.41, 5.74) is 0. The molecule has 88 valence electrons. The first-order valence-corrected chi connectivity index (χ1v) is 5.46. The van der Waals surface area contributed by atoms with E-state index >= 15 is 0 Å². The Bertz CT molecular complexity index is 249. The summed E-state index contributed by atoms with van der Waals surface area (Å²) in [6, 6.07) is 0. The van der Waals surface area contributed by atoms with Crippen molar-refractivity contribution in [3.05, 3.63) is 0 Å². The fourth-order valence-electron chi connectivity index (χ4n) is 2.22. The number of hydrogen-bond acceptors (Lipinski definition) is 4. The van der Waals surface area contributed by atoms with Gasteiger partial charge in [0.2, 0.25) is 0 Å². The minimum atomic E-state index is -0.514. The zero-order valence-corrected chi connectivity index (χ0v) is 10.1. The Morgan fingerprint density at radius 1 is 0.933 bits per heavy atom. The SMILES string of the molecule is CC1OC(C)(C)OC1C1COC(C)(C)O1. The maximum Gasteiger partial charge on any atom is 0.163 e. The first-order chi connectivity index (χ1) is 6.79. The highest BCUT2D eigenvalue weighted by molar-refractivity contribution is 4.88. The molecule has 0 radical (unpaired) electrons. The number of ether oxygens (including phenoxy) is 4. The molecule has 0 aromatic heterocycles. The molecule has 4 heteroatoms. The predicted molar refractivity (Wildman–Crippen MR) is 54.4 cm³/mol. The first-order valence-electron chi connectivity index (χ1n) is 5.46. The molecule has 2 rings (SSSR count). The largest absolute Gasteiger partial charge is 0.348 e. The van der Waals surface area contributed by atoms with Gasteiger partial charge in [0.15, 0.2) is 11.6 Å². The average Bonchev–Trinajstić information content (AvgIpc) is 2.51. The Labute approximate surface area is 90.8 Å². The molecule has 0 bridgehead atoms. The molecule has 2 aliphatic heterocycles. The van der Waals surface area contributed by atoms with Crippen molar-refractivity contribution in [2.24, 2.45) is 0 Å². The van der Waals surface area contributed by atoms with Gasteiger partial charge in [-0.15, -0.1) is 0 Å². The van der Waals surface area contributed by atoms with E-state index in [1.807, 2.05) is 34.6 Å². The van der Waals surface area contributed by atoms with Crippen LogP contribution in [-0.2, 0) is 18.9 Å². The van der Waals surface area contributed by atoms with Gasteiger partial charge in [0, 0.05) is 0 Å². The molecule has 0 N–H and O–H groups in total. The lowest BCUT2D eigenvalue weighted by molar-refractivity contribution is -0.174. The van der Waals surface area contributed by atoms with Gasteiger partial charge in [-0.05, 0) is 34.6 Å². The summed E-state index contributed by atoms with van der Waals surface area (Å²) in [4.78, 5) is 0. The number of rotatable bonds is 1. The van der Waals surface area contributed by atoms with Crippen LogP contribution >= 0.6 is 0 Å². The molecule has 2 aliphatic rings. The van der Waals surface area contributed by atoms with Crippen molar-refractivity contribution < 1.29 is 18.9 Å². The van der Waals surface area contributed by atoms with Gasteiger partial charge in [-0.2, -0.15) is 0 Å². The van der Waals surface area contributed by atoms with Gasteiger partial charge in [0.25, 0.3) is 0 Å². The maximum absolute atomic E-state index is 5.81. The van der Waals surface area contributed by atoms with Crippen LogP contribution in [0.3, 0.4) is 0 Å². The van der Waals surface area contributed by atoms with Crippen molar-refractivity contribution in [2.45, 2.75) is 64.5 Å². The van der Waals surface area contributed by atoms with E-state index in [4.69, 9.17) is 18.9 Å².